The first-order chi connectivity index (χ1) is 10.1. The second kappa shape index (κ2) is 5.63. The lowest BCUT2D eigenvalue weighted by Crippen LogP contribution is -2.39. The van der Waals surface area contributed by atoms with Gasteiger partial charge in [0.05, 0.1) is 6.42 Å². The molecule has 3 rings (SSSR count). The Morgan fingerprint density at radius 3 is 2.57 bits per heavy atom. The monoisotopic (exact) mass is 291 g/mol. The zero-order chi connectivity index (χ0) is 14.8. The topological polar surface area (TPSA) is 98.2 Å². The van der Waals surface area contributed by atoms with Gasteiger partial charge in [-0.1, -0.05) is 15.5 Å². The van der Waals surface area contributed by atoms with E-state index in [1.54, 1.807) is 13.8 Å². The predicted molar refractivity (Wildman–Crippen MR) is 70.3 cm³/mol. The number of amides is 1. The van der Waals surface area contributed by atoms with Crippen molar-refractivity contribution in [3.63, 3.8) is 0 Å². The van der Waals surface area contributed by atoms with Gasteiger partial charge in [0.15, 0.2) is 5.82 Å². The van der Waals surface area contributed by atoms with Gasteiger partial charge >= 0.3 is 0 Å². The maximum absolute atomic E-state index is 12.2. The van der Waals surface area contributed by atoms with Crippen LogP contribution in [0.3, 0.4) is 0 Å². The Morgan fingerprint density at radius 2 is 2.00 bits per heavy atom. The summed E-state index contributed by atoms with van der Waals surface area (Å²) in [5, 5.41) is 11.4. The number of carbonyl (C=O) groups is 1. The van der Waals surface area contributed by atoms with Crippen LogP contribution in [0.25, 0.3) is 0 Å². The summed E-state index contributed by atoms with van der Waals surface area (Å²) >= 11 is 0. The molecule has 8 heteroatoms. The van der Waals surface area contributed by atoms with Gasteiger partial charge in [0.1, 0.15) is 11.4 Å². The number of aromatic nitrogens is 4. The first-order valence-electron chi connectivity index (χ1n) is 6.99. The molecule has 0 N–H and O–H groups in total. The van der Waals surface area contributed by atoms with E-state index in [-0.39, 0.29) is 18.2 Å². The molecule has 0 aliphatic carbocycles. The average Bonchev–Trinajstić information content (AvgIpc) is 3.08. The maximum Gasteiger partial charge on any atom is 0.228 e. The normalized spacial score (nSPS) is 16.4. The lowest BCUT2D eigenvalue weighted by Gasteiger charge is -2.30. The van der Waals surface area contributed by atoms with Gasteiger partial charge in [-0.25, -0.2) is 4.63 Å². The minimum atomic E-state index is 0.0524. The van der Waals surface area contributed by atoms with E-state index in [0.29, 0.717) is 30.4 Å². The molecule has 2 aromatic rings. The smallest absolute Gasteiger partial charge is 0.228 e. The molecule has 1 amide bonds. The fourth-order valence-electron chi connectivity index (χ4n) is 2.53. The van der Waals surface area contributed by atoms with Gasteiger partial charge in [-0.2, -0.15) is 4.98 Å². The molecule has 8 nitrogen and oxygen atoms in total. The van der Waals surface area contributed by atoms with Gasteiger partial charge in [-0.3, -0.25) is 4.79 Å². The zero-order valence-corrected chi connectivity index (χ0v) is 12.1. The van der Waals surface area contributed by atoms with Crippen LogP contribution in [0.1, 0.15) is 41.9 Å². The van der Waals surface area contributed by atoms with Crippen LogP contribution < -0.4 is 0 Å². The summed E-state index contributed by atoms with van der Waals surface area (Å²) in [6, 6.07) is 0. The summed E-state index contributed by atoms with van der Waals surface area (Å²) in [6.07, 6.45) is 1.93. The van der Waals surface area contributed by atoms with Crippen LogP contribution in [0.2, 0.25) is 0 Å². The molecule has 0 aromatic carbocycles. The van der Waals surface area contributed by atoms with Crippen molar-refractivity contribution < 1.29 is 13.9 Å². The second-order valence-electron chi connectivity index (χ2n) is 5.30. The van der Waals surface area contributed by atoms with Crippen molar-refractivity contribution in [3.05, 3.63) is 23.1 Å². The van der Waals surface area contributed by atoms with E-state index in [4.69, 9.17) is 4.52 Å². The van der Waals surface area contributed by atoms with Gasteiger partial charge < -0.3 is 9.42 Å². The molecule has 0 bridgehead atoms. The van der Waals surface area contributed by atoms with Crippen molar-refractivity contribution in [1.82, 2.24) is 25.4 Å². The predicted octanol–water partition coefficient (Wildman–Crippen LogP) is 1.02. The Kier molecular flexibility index (Phi) is 3.68. The first kappa shape index (κ1) is 13.7. The molecule has 2 aromatic heterocycles. The molecule has 0 radical (unpaired) electrons. The fourth-order valence-corrected chi connectivity index (χ4v) is 2.53. The Bertz CT molecular complexity index is 627. The van der Waals surface area contributed by atoms with Crippen LogP contribution in [0, 0.1) is 13.8 Å². The number of piperidine rings is 1. The molecule has 0 spiro atoms. The van der Waals surface area contributed by atoms with Crippen LogP contribution in [-0.4, -0.2) is 44.4 Å². The molecule has 112 valence electrons. The Morgan fingerprint density at radius 1 is 1.24 bits per heavy atom. The Labute approximate surface area is 121 Å². The van der Waals surface area contributed by atoms with Crippen molar-refractivity contribution in [2.45, 2.75) is 39.0 Å². The van der Waals surface area contributed by atoms with Crippen LogP contribution in [0.4, 0.5) is 0 Å². The lowest BCUT2D eigenvalue weighted by molar-refractivity contribution is -0.131. The molecule has 0 unspecified atom stereocenters. The largest absolute Gasteiger partial charge is 0.342 e. The summed E-state index contributed by atoms with van der Waals surface area (Å²) < 4.78 is 9.62. The Balaban J connectivity index is 1.56. The molecule has 3 heterocycles. The highest BCUT2D eigenvalue weighted by molar-refractivity contribution is 5.78. The van der Waals surface area contributed by atoms with Crippen LogP contribution in [-0.2, 0) is 11.2 Å². The summed E-state index contributed by atoms with van der Waals surface area (Å²) in [7, 11) is 0. The standard InChI is InChI=1S/C13H17N5O3/c1-8-11(16-21-15-8)7-12(19)18-5-3-10(4-6-18)13-14-9(2)20-17-13/h10H,3-7H2,1-2H3. The van der Waals surface area contributed by atoms with E-state index >= 15 is 0 Å². The highest BCUT2D eigenvalue weighted by Gasteiger charge is 2.27. The SMILES string of the molecule is Cc1nc(C2CCN(C(=O)Cc3nonc3C)CC2)no1. The van der Waals surface area contributed by atoms with Crippen LogP contribution >= 0.6 is 0 Å². The zero-order valence-electron chi connectivity index (χ0n) is 12.1. The van der Waals surface area contributed by atoms with E-state index in [2.05, 4.69) is 25.1 Å². The molecule has 1 aliphatic heterocycles. The average molecular weight is 291 g/mol. The van der Waals surface area contributed by atoms with Crippen molar-refractivity contribution in [1.29, 1.82) is 0 Å². The molecular formula is C13H17N5O3. The number of hydrogen-bond acceptors (Lipinski definition) is 7. The van der Waals surface area contributed by atoms with Crippen LogP contribution in [0.5, 0.6) is 0 Å². The molecule has 1 aliphatic rings. The van der Waals surface area contributed by atoms with Crippen molar-refractivity contribution in [3.8, 4) is 0 Å². The summed E-state index contributed by atoms with van der Waals surface area (Å²) in [6.45, 7) is 4.95. The van der Waals surface area contributed by atoms with Crippen molar-refractivity contribution >= 4 is 5.91 Å². The van der Waals surface area contributed by atoms with Gasteiger partial charge in [0, 0.05) is 25.9 Å². The van der Waals surface area contributed by atoms with E-state index in [0.717, 1.165) is 18.7 Å². The third kappa shape index (κ3) is 2.93. The molecule has 1 fully saturated rings. The van der Waals surface area contributed by atoms with Gasteiger partial charge in [-0.05, 0) is 19.8 Å². The quantitative estimate of drug-likeness (QED) is 0.832. The third-order valence-electron chi connectivity index (χ3n) is 3.82. The van der Waals surface area contributed by atoms with Crippen LogP contribution in [0.15, 0.2) is 9.15 Å². The molecule has 0 saturated carbocycles. The van der Waals surface area contributed by atoms with E-state index in [9.17, 15) is 4.79 Å². The van der Waals surface area contributed by atoms with Crippen molar-refractivity contribution in [2.75, 3.05) is 13.1 Å². The highest BCUT2D eigenvalue weighted by Crippen LogP contribution is 2.26. The first-order valence-corrected chi connectivity index (χ1v) is 6.99. The van der Waals surface area contributed by atoms with Crippen molar-refractivity contribution in [2.24, 2.45) is 0 Å². The van der Waals surface area contributed by atoms with E-state index < -0.39 is 0 Å². The number of rotatable bonds is 3. The second-order valence-corrected chi connectivity index (χ2v) is 5.30. The molecule has 0 atom stereocenters. The fraction of sp³-hybridized carbons (Fsp3) is 0.615. The van der Waals surface area contributed by atoms with E-state index in [1.165, 1.54) is 0 Å². The number of nitrogens with zero attached hydrogens (tertiary/aromatic N) is 5. The van der Waals surface area contributed by atoms with Gasteiger partial charge in [0.2, 0.25) is 11.8 Å². The number of aryl methyl sites for hydroxylation is 2. The third-order valence-corrected chi connectivity index (χ3v) is 3.82. The summed E-state index contributed by atoms with van der Waals surface area (Å²) in [4.78, 5) is 18.3. The van der Waals surface area contributed by atoms with Gasteiger partial charge in [-0.15, -0.1) is 0 Å². The maximum atomic E-state index is 12.2. The number of carbonyl (C=O) groups excluding carboxylic acids is 1. The minimum absolute atomic E-state index is 0.0524. The highest BCUT2D eigenvalue weighted by atomic mass is 16.6. The summed E-state index contributed by atoms with van der Waals surface area (Å²) in [5.41, 5.74) is 1.27. The number of hydrogen-bond donors (Lipinski definition) is 0. The molecule has 21 heavy (non-hydrogen) atoms. The molecule has 1 saturated heterocycles. The number of likely N-dealkylation sites (tertiary alicyclic amines) is 1. The van der Waals surface area contributed by atoms with E-state index in [1.807, 2.05) is 4.90 Å². The minimum Gasteiger partial charge on any atom is -0.342 e. The van der Waals surface area contributed by atoms with Gasteiger partial charge in [0.25, 0.3) is 0 Å². The lowest BCUT2D eigenvalue weighted by atomic mass is 9.96. The Hall–Kier alpha value is -2.25. The summed E-state index contributed by atoms with van der Waals surface area (Å²) in [5.74, 6) is 1.65. The molecular weight excluding hydrogens is 274 g/mol.